The van der Waals surface area contributed by atoms with Crippen LogP contribution in [-0.2, 0) is 12.7 Å². The van der Waals surface area contributed by atoms with Gasteiger partial charge in [-0.3, -0.25) is 0 Å². The summed E-state index contributed by atoms with van der Waals surface area (Å²) in [6.45, 7) is -0.232. The van der Waals surface area contributed by atoms with E-state index < -0.39 is 23.1 Å². The van der Waals surface area contributed by atoms with Gasteiger partial charge in [-0.25, -0.2) is 9.37 Å². The van der Waals surface area contributed by atoms with Crippen LogP contribution in [0.3, 0.4) is 0 Å². The molecule has 0 aliphatic heterocycles. The van der Waals surface area contributed by atoms with Crippen LogP contribution in [0.1, 0.15) is 36.8 Å². The highest BCUT2D eigenvalue weighted by Crippen LogP contribution is 2.35. The van der Waals surface area contributed by atoms with E-state index in [1.54, 1.807) is 0 Å². The number of anilines is 2. The second-order valence-corrected chi connectivity index (χ2v) is 9.15. The van der Waals surface area contributed by atoms with Gasteiger partial charge >= 0.3 is 6.18 Å². The lowest BCUT2D eigenvalue weighted by Gasteiger charge is -2.30. The van der Waals surface area contributed by atoms with Gasteiger partial charge in [-0.2, -0.15) is 18.2 Å². The maximum Gasteiger partial charge on any atom is 0.416 e. The summed E-state index contributed by atoms with van der Waals surface area (Å²) in [5.74, 6) is 0.353. The fraction of sp³-hybridized carbons (Fsp3) is 0.417. The molecule has 1 saturated carbocycles. The van der Waals surface area contributed by atoms with Crippen LogP contribution in [0, 0.1) is 5.82 Å². The van der Waals surface area contributed by atoms with Gasteiger partial charge in [0.15, 0.2) is 0 Å². The third kappa shape index (κ3) is 5.36. The van der Waals surface area contributed by atoms with Crippen LogP contribution < -0.4 is 15.5 Å². The minimum absolute atomic E-state index is 0.0210. The number of nitrogens with one attached hydrogen (secondary N) is 2. The quantitative estimate of drug-likeness (QED) is 0.409. The van der Waals surface area contributed by atoms with Crippen LogP contribution in [0.15, 0.2) is 36.4 Å². The highest BCUT2D eigenvalue weighted by Gasteiger charge is 2.35. The van der Waals surface area contributed by atoms with Crippen molar-refractivity contribution in [1.29, 1.82) is 0 Å². The number of alkyl halides is 3. The van der Waals surface area contributed by atoms with Crippen molar-refractivity contribution in [3.63, 3.8) is 0 Å². The van der Waals surface area contributed by atoms with E-state index in [-0.39, 0.29) is 23.7 Å². The highest BCUT2D eigenvalue weighted by atomic mass is 35.5. The fourth-order valence-corrected chi connectivity index (χ4v) is 4.54. The number of fused-ring (bicyclic) bond motifs is 1. The average Bonchev–Trinajstić information content (AvgIpc) is 2.79. The van der Waals surface area contributed by atoms with E-state index in [9.17, 15) is 17.6 Å². The Kier molecular flexibility index (Phi) is 7.14. The molecular weight excluding hydrogens is 470 g/mol. The van der Waals surface area contributed by atoms with Crippen molar-refractivity contribution in [2.75, 3.05) is 24.3 Å². The molecule has 1 aliphatic carbocycles. The monoisotopic (exact) mass is 495 g/mol. The summed E-state index contributed by atoms with van der Waals surface area (Å²) in [7, 11) is 3.87. The fourth-order valence-electron chi connectivity index (χ4n) is 4.37. The standard InChI is InChI=1S/C24H26ClF4N5/c1-34(2)22-16-5-3-4-6-20(16)32-23(33-22)31-15-9-7-14(8-10-15)30-13-17-18(24(27,28)29)11-12-19(25)21(17)26/h3-6,11-12,14-15,30H,7-10,13H2,1-2H3,(H,31,32,33)/t14-,15+. The van der Waals surface area contributed by atoms with Crippen LogP contribution in [0.4, 0.5) is 29.3 Å². The van der Waals surface area contributed by atoms with E-state index in [4.69, 9.17) is 11.6 Å². The summed E-state index contributed by atoms with van der Waals surface area (Å²) in [6, 6.07) is 9.70. The van der Waals surface area contributed by atoms with Crippen LogP contribution in [0.25, 0.3) is 10.9 Å². The zero-order valence-electron chi connectivity index (χ0n) is 18.9. The number of hydrogen-bond donors (Lipinski definition) is 2. The molecule has 1 aromatic heterocycles. The number of aromatic nitrogens is 2. The van der Waals surface area contributed by atoms with Crippen LogP contribution in [0.2, 0.25) is 5.02 Å². The van der Waals surface area contributed by atoms with Gasteiger partial charge in [0.25, 0.3) is 0 Å². The average molecular weight is 496 g/mol. The summed E-state index contributed by atoms with van der Waals surface area (Å²) in [5.41, 5.74) is -0.591. The molecule has 2 aromatic carbocycles. The van der Waals surface area contributed by atoms with Crippen molar-refractivity contribution in [2.24, 2.45) is 0 Å². The third-order valence-electron chi connectivity index (χ3n) is 6.14. The lowest BCUT2D eigenvalue weighted by molar-refractivity contribution is -0.138. The number of rotatable bonds is 6. The van der Waals surface area contributed by atoms with Gasteiger partial charge in [-0.05, 0) is 49.9 Å². The molecule has 0 radical (unpaired) electrons. The first kappa shape index (κ1) is 24.5. The predicted octanol–water partition coefficient (Wildman–Crippen LogP) is 6.02. The first-order valence-corrected chi connectivity index (χ1v) is 11.5. The zero-order valence-corrected chi connectivity index (χ0v) is 19.6. The molecule has 0 bridgehead atoms. The van der Waals surface area contributed by atoms with Gasteiger partial charge in [0.05, 0.1) is 16.1 Å². The van der Waals surface area contributed by atoms with Crippen molar-refractivity contribution in [3.8, 4) is 0 Å². The number of benzene rings is 2. The second kappa shape index (κ2) is 9.92. The minimum atomic E-state index is -4.64. The molecule has 2 N–H and O–H groups in total. The molecule has 1 heterocycles. The van der Waals surface area contributed by atoms with Gasteiger partial charge in [0.1, 0.15) is 11.6 Å². The van der Waals surface area contributed by atoms with Crippen molar-refractivity contribution in [2.45, 2.75) is 50.5 Å². The number of hydrogen-bond acceptors (Lipinski definition) is 5. The van der Waals surface area contributed by atoms with Crippen LogP contribution in [0.5, 0.6) is 0 Å². The SMILES string of the molecule is CN(C)c1nc(N[C@H]2CC[C@@H](NCc3c(C(F)(F)F)ccc(Cl)c3F)CC2)nc2ccccc12. The Balaban J connectivity index is 1.38. The predicted molar refractivity (Wildman–Crippen MR) is 127 cm³/mol. The molecule has 34 heavy (non-hydrogen) atoms. The molecule has 4 rings (SSSR count). The first-order chi connectivity index (χ1) is 16.1. The van der Waals surface area contributed by atoms with Gasteiger partial charge in [0, 0.05) is 43.7 Å². The van der Waals surface area contributed by atoms with Gasteiger partial charge in [0.2, 0.25) is 5.95 Å². The molecule has 3 aromatic rings. The molecule has 0 unspecified atom stereocenters. The van der Waals surface area contributed by atoms with E-state index in [1.807, 2.05) is 43.3 Å². The normalized spacial score (nSPS) is 18.8. The summed E-state index contributed by atoms with van der Waals surface area (Å²) < 4.78 is 54.2. The molecule has 10 heteroatoms. The van der Waals surface area contributed by atoms with E-state index in [0.717, 1.165) is 54.5 Å². The number of nitrogens with zero attached hydrogens (tertiary/aromatic N) is 3. The van der Waals surface area contributed by atoms with E-state index in [2.05, 4.69) is 20.6 Å². The maximum atomic E-state index is 14.4. The molecule has 1 aliphatic rings. The van der Waals surface area contributed by atoms with Crippen molar-refractivity contribution >= 4 is 34.3 Å². The second-order valence-electron chi connectivity index (χ2n) is 8.74. The summed E-state index contributed by atoms with van der Waals surface area (Å²) >= 11 is 5.73. The van der Waals surface area contributed by atoms with E-state index >= 15 is 0 Å². The maximum absolute atomic E-state index is 14.4. The summed E-state index contributed by atoms with van der Waals surface area (Å²) in [5, 5.41) is 7.15. The topological polar surface area (TPSA) is 53.1 Å². The van der Waals surface area contributed by atoms with E-state index in [1.165, 1.54) is 0 Å². The van der Waals surface area contributed by atoms with Crippen molar-refractivity contribution in [3.05, 3.63) is 58.4 Å². The van der Waals surface area contributed by atoms with E-state index in [0.29, 0.717) is 5.95 Å². The molecule has 0 amide bonds. The Morgan fingerprint density at radius 3 is 2.35 bits per heavy atom. The Hall–Kier alpha value is -2.65. The van der Waals surface area contributed by atoms with Gasteiger partial charge < -0.3 is 15.5 Å². The van der Waals surface area contributed by atoms with Gasteiger partial charge in [-0.1, -0.05) is 23.7 Å². The third-order valence-corrected chi connectivity index (χ3v) is 6.43. The summed E-state index contributed by atoms with van der Waals surface area (Å²) in [6.07, 6.45) is -1.61. The Bertz CT molecular complexity index is 1160. The van der Waals surface area contributed by atoms with Crippen LogP contribution >= 0.6 is 11.6 Å². The summed E-state index contributed by atoms with van der Waals surface area (Å²) in [4.78, 5) is 11.2. The molecule has 182 valence electrons. The Morgan fingerprint density at radius 1 is 1.00 bits per heavy atom. The molecule has 5 nitrogen and oxygen atoms in total. The highest BCUT2D eigenvalue weighted by molar-refractivity contribution is 6.30. The lowest BCUT2D eigenvalue weighted by Crippen LogP contribution is -2.37. The van der Waals surface area contributed by atoms with Gasteiger partial charge in [-0.15, -0.1) is 0 Å². The molecule has 0 spiro atoms. The lowest BCUT2D eigenvalue weighted by atomic mass is 9.91. The Labute approximate surface area is 200 Å². The minimum Gasteiger partial charge on any atom is -0.362 e. The zero-order chi connectivity index (χ0) is 24.5. The van der Waals surface area contributed by atoms with Crippen molar-refractivity contribution < 1.29 is 17.6 Å². The molecule has 0 saturated heterocycles. The number of halogens is 5. The first-order valence-electron chi connectivity index (χ1n) is 11.1. The van der Waals surface area contributed by atoms with Crippen molar-refractivity contribution in [1.82, 2.24) is 15.3 Å². The smallest absolute Gasteiger partial charge is 0.362 e. The molecule has 0 atom stereocenters. The molecular formula is C24H26ClF4N5. The largest absolute Gasteiger partial charge is 0.416 e. The Morgan fingerprint density at radius 2 is 1.68 bits per heavy atom. The number of para-hydroxylation sites is 1. The molecule has 1 fully saturated rings. The van der Waals surface area contributed by atoms with Crippen LogP contribution in [-0.4, -0.2) is 36.1 Å².